The molecular weight excluding hydrogens is 178 g/mol. The Morgan fingerprint density at radius 2 is 2.00 bits per heavy atom. The summed E-state index contributed by atoms with van der Waals surface area (Å²) in [6.07, 6.45) is 1.86. The van der Waals surface area contributed by atoms with Crippen molar-refractivity contribution in [2.75, 3.05) is 0 Å². The van der Waals surface area contributed by atoms with E-state index in [1.165, 1.54) is 15.5 Å². The summed E-state index contributed by atoms with van der Waals surface area (Å²) in [7, 11) is 0. The summed E-state index contributed by atoms with van der Waals surface area (Å²) in [5, 5.41) is 4.67. The number of aromatic nitrogens is 1. The molecule has 0 N–H and O–H groups in total. The van der Waals surface area contributed by atoms with Gasteiger partial charge < -0.3 is 0 Å². The zero-order valence-electron chi connectivity index (χ0n) is 6.90. The van der Waals surface area contributed by atoms with E-state index in [0.29, 0.717) is 0 Å². The second kappa shape index (κ2) is 2.54. The van der Waals surface area contributed by atoms with Gasteiger partial charge in [-0.25, -0.2) is 0 Å². The van der Waals surface area contributed by atoms with Crippen molar-refractivity contribution in [3.8, 4) is 0 Å². The number of nitrogens with zero attached hydrogens (tertiary/aromatic N) is 1. The van der Waals surface area contributed by atoms with Gasteiger partial charge in [0, 0.05) is 21.7 Å². The lowest BCUT2D eigenvalue weighted by atomic mass is 10.2. The fourth-order valence-electron chi connectivity index (χ4n) is 1.61. The maximum Gasteiger partial charge on any atom is 0.0709 e. The van der Waals surface area contributed by atoms with Gasteiger partial charge in [0.05, 0.1) is 5.52 Å². The van der Waals surface area contributed by atoms with Gasteiger partial charge in [-0.2, -0.15) is 0 Å². The molecule has 1 nitrogen and oxygen atoms in total. The molecule has 0 radical (unpaired) electrons. The topological polar surface area (TPSA) is 12.9 Å². The van der Waals surface area contributed by atoms with Crippen molar-refractivity contribution < 1.29 is 0 Å². The number of fused-ring (bicyclic) bond motifs is 3. The third-order valence-electron chi connectivity index (χ3n) is 2.22. The largest absolute Gasteiger partial charge is 0.256 e. The van der Waals surface area contributed by atoms with Crippen LogP contribution in [0.1, 0.15) is 0 Å². The molecule has 0 saturated carbocycles. The highest BCUT2D eigenvalue weighted by Crippen LogP contribution is 2.26. The molecule has 0 atom stereocenters. The summed E-state index contributed by atoms with van der Waals surface area (Å²) in [6, 6.07) is 10.5. The molecule has 0 saturated heterocycles. The number of rotatable bonds is 0. The van der Waals surface area contributed by atoms with Gasteiger partial charge in [-0.05, 0) is 23.6 Å². The fraction of sp³-hybridized carbons (Fsp3) is 0. The van der Waals surface area contributed by atoms with E-state index in [0.717, 1.165) is 5.52 Å². The van der Waals surface area contributed by atoms with Crippen LogP contribution >= 0.6 is 11.3 Å². The van der Waals surface area contributed by atoms with Crippen LogP contribution in [0.4, 0.5) is 0 Å². The van der Waals surface area contributed by atoms with Crippen molar-refractivity contribution in [1.82, 2.24) is 4.98 Å². The van der Waals surface area contributed by atoms with Crippen LogP contribution in [0.5, 0.6) is 0 Å². The lowest BCUT2D eigenvalue weighted by molar-refractivity contribution is 1.48. The van der Waals surface area contributed by atoms with Crippen molar-refractivity contribution in [3.63, 3.8) is 0 Å². The van der Waals surface area contributed by atoms with E-state index >= 15 is 0 Å². The third-order valence-corrected chi connectivity index (χ3v) is 3.12. The molecule has 13 heavy (non-hydrogen) atoms. The van der Waals surface area contributed by atoms with Crippen LogP contribution in [0.15, 0.2) is 41.9 Å². The van der Waals surface area contributed by atoms with Crippen molar-refractivity contribution >= 4 is 32.3 Å². The molecule has 3 rings (SSSR count). The first-order chi connectivity index (χ1) is 6.45. The summed E-state index contributed by atoms with van der Waals surface area (Å²) >= 11 is 1.77. The van der Waals surface area contributed by atoms with E-state index in [1.807, 2.05) is 6.20 Å². The molecule has 3 aromatic rings. The second-order valence-electron chi connectivity index (χ2n) is 2.97. The summed E-state index contributed by atoms with van der Waals surface area (Å²) in [4.78, 5) is 4.27. The predicted molar refractivity (Wildman–Crippen MR) is 57.1 cm³/mol. The molecule has 2 aromatic heterocycles. The quantitative estimate of drug-likeness (QED) is 0.522. The molecule has 62 valence electrons. The SMILES string of the molecule is c1csc2ccc3nccc3c2c1. The average molecular weight is 185 g/mol. The Morgan fingerprint density at radius 3 is 3.00 bits per heavy atom. The third kappa shape index (κ3) is 0.956. The smallest absolute Gasteiger partial charge is 0.0709 e. The van der Waals surface area contributed by atoms with E-state index in [4.69, 9.17) is 0 Å². The molecule has 2 heterocycles. The Hall–Kier alpha value is -1.41. The summed E-state index contributed by atoms with van der Waals surface area (Å²) in [5.41, 5.74) is 1.09. The first-order valence-electron chi connectivity index (χ1n) is 4.16. The average Bonchev–Trinajstić information content (AvgIpc) is 2.65. The molecule has 0 aliphatic carbocycles. The van der Waals surface area contributed by atoms with Crippen molar-refractivity contribution in [3.05, 3.63) is 41.9 Å². The number of hydrogen-bond acceptors (Lipinski definition) is 2. The summed E-state index contributed by atoms with van der Waals surface area (Å²) in [5.74, 6) is 0. The highest BCUT2D eigenvalue weighted by Gasteiger charge is 2.00. The molecular formula is C11H7NS. The first-order valence-corrected chi connectivity index (χ1v) is 5.04. The first kappa shape index (κ1) is 7.04. The van der Waals surface area contributed by atoms with Crippen LogP contribution in [-0.4, -0.2) is 4.98 Å². The minimum Gasteiger partial charge on any atom is -0.256 e. The van der Waals surface area contributed by atoms with E-state index in [-0.39, 0.29) is 0 Å². The molecule has 0 aliphatic heterocycles. The fourth-order valence-corrected chi connectivity index (χ4v) is 2.36. The van der Waals surface area contributed by atoms with Gasteiger partial charge in [-0.3, -0.25) is 4.98 Å². The van der Waals surface area contributed by atoms with Crippen LogP contribution in [0.2, 0.25) is 0 Å². The molecule has 0 aliphatic rings. The Kier molecular flexibility index (Phi) is 1.37. The van der Waals surface area contributed by atoms with Crippen LogP contribution in [-0.2, 0) is 0 Å². The molecule has 0 bridgehead atoms. The zero-order chi connectivity index (χ0) is 8.67. The van der Waals surface area contributed by atoms with Gasteiger partial charge in [0.2, 0.25) is 0 Å². The Balaban J connectivity index is 2.65. The van der Waals surface area contributed by atoms with Crippen molar-refractivity contribution in [1.29, 1.82) is 0 Å². The van der Waals surface area contributed by atoms with Gasteiger partial charge in [-0.1, -0.05) is 12.1 Å². The van der Waals surface area contributed by atoms with E-state index < -0.39 is 0 Å². The Morgan fingerprint density at radius 1 is 1.00 bits per heavy atom. The van der Waals surface area contributed by atoms with Crippen LogP contribution in [0.3, 0.4) is 0 Å². The van der Waals surface area contributed by atoms with Gasteiger partial charge in [0.25, 0.3) is 0 Å². The molecule has 0 fully saturated rings. The van der Waals surface area contributed by atoms with Crippen LogP contribution in [0, 0.1) is 0 Å². The number of benzene rings is 1. The van der Waals surface area contributed by atoms with E-state index in [9.17, 15) is 0 Å². The highest BCUT2D eigenvalue weighted by molar-refractivity contribution is 7.16. The maximum atomic E-state index is 4.27. The molecule has 0 amide bonds. The van der Waals surface area contributed by atoms with Gasteiger partial charge in [0.1, 0.15) is 0 Å². The van der Waals surface area contributed by atoms with Crippen LogP contribution in [0.25, 0.3) is 21.0 Å². The Bertz CT molecular complexity index is 568. The predicted octanol–water partition coefficient (Wildman–Crippen LogP) is 3.45. The van der Waals surface area contributed by atoms with Gasteiger partial charge >= 0.3 is 0 Å². The molecule has 0 spiro atoms. The monoisotopic (exact) mass is 185 g/mol. The Labute approximate surface area is 79.7 Å². The minimum atomic E-state index is 1.09. The van der Waals surface area contributed by atoms with Gasteiger partial charge in [0.15, 0.2) is 0 Å². The van der Waals surface area contributed by atoms with E-state index in [1.54, 1.807) is 11.3 Å². The van der Waals surface area contributed by atoms with Gasteiger partial charge in [-0.15, -0.1) is 11.3 Å². The minimum absolute atomic E-state index is 1.09. The summed E-state index contributed by atoms with van der Waals surface area (Å²) < 4.78 is 1.32. The zero-order valence-corrected chi connectivity index (χ0v) is 7.71. The lowest BCUT2D eigenvalue weighted by Crippen LogP contribution is -1.70. The highest BCUT2D eigenvalue weighted by atomic mass is 32.1. The van der Waals surface area contributed by atoms with Crippen molar-refractivity contribution in [2.45, 2.75) is 0 Å². The normalized spacial score (nSPS) is 11.1. The molecule has 1 aromatic carbocycles. The van der Waals surface area contributed by atoms with Crippen LogP contribution < -0.4 is 0 Å². The molecule has 0 unspecified atom stereocenters. The molecule has 2 heteroatoms. The standard InChI is InChI=1S/C11H7NS/c1-2-9-8-5-6-12-10(8)3-4-11(9)13-7-1/h1-7H. The van der Waals surface area contributed by atoms with E-state index in [2.05, 4.69) is 40.7 Å². The maximum absolute atomic E-state index is 4.27. The summed E-state index contributed by atoms with van der Waals surface area (Å²) in [6.45, 7) is 0. The second-order valence-corrected chi connectivity index (χ2v) is 3.92. The van der Waals surface area contributed by atoms with Crippen molar-refractivity contribution in [2.24, 2.45) is 0 Å². The lowest BCUT2D eigenvalue weighted by Gasteiger charge is -1.96. The number of hydrogen-bond donors (Lipinski definition) is 0.